The monoisotopic (exact) mass is 280 g/mol. The van der Waals surface area contributed by atoms with E-state index in [1.54, 1.807) is 38.4 Å². The maximum absolute atomic E-state index is 12.0. The summed E-state index contributed by atoms with van der Waals surface area (Å²) in [5.74, 6) is -0.398. The first-order valence-corrected chi connectivity index (χ1v) is 6.40. The molecule has 0 saturated carbocycles. The first-order chi connectivity index (χ1) is 9.49. The fraction of sp³-hybridized carbons (Fsp3) is 0.429. The Morgan fingerprint density at radius 3 is 2.70 bits per heavy atom. The highest BCUT2D eigenvalue weighted by molar-refractivity contribution is 5.94. The van der Waals surface area contributed by atoms with Crippen molar-refractivity contribution in [2.45, 2.75) is 25.8 Å². The summed E-state index contributed by atoms with van der Waals surface area (Å²) >= 11 is 0. The van der Waals surface area contributed by atoms with Crippen molar-refractivity contribution in [2.24, 2.45) is 0 Å². The number of ether oxygens (including phenoxy) is 1. The van der Waals surface area contributed by atoms with Crippen LogP contribution in [-0.4, -0.2) is 37.3 Å². The Bertz CT molecular complexity index is 476. The zero-order valence-electron chi connectivity index (χ0n) is 11.9. The van der Waals surface area contributed by atoms with Crippen molar-refractivity contribution in [2.75, 3.05) is 19.1 Å². The van der Waals surface area contributed by atoms with Crippen LogP contribution in [0.25, 0.3) is 0 Å². The van der Waals surface area contributed by atoms with Crippen LogP contribution >= 0.6 is 0 Å². The number of urea groups is 1. The summed E-state index contributed by atoms with van der Waals surface area (Å²) < 4.78 is 5.09. The molecule has 1 aromatic rings. The summed E-state index contributed by atoms with van der Waals surface area (Å²) in [4.78, 5) is 24.4. The lowest BCUT2D eigenvalue weighted by atomic mass is 10.2. The highest BCUT2D eigenvalue weighted by Crippen LogP contribution is 2.19. The van der Waals surface area contributed by atoms with Crippen LogP contribution in [-0.2, 0) is 4.79 Å². The van der Waals surface area contributed by atoms with Gasteiger partial charge in [0, 0.05) is 18.8 Å². The van der Waals surface area contributed by atoms with Crippen LogP contribution in [0.5, 0.6) is 5.75 Å². The van der Waals surface area contributed by atoms with Crippen LogP contribution < -0.4 is 15.0 Å². The number of aliphatic carboxylic acids is 1. The molecule has 0 aliphatic rings. The lowest BCUT2D eigenvalue weighted by Gasteiger charge is -2.21. The minimum atomic E-state index is -1.03. The summed E-state index contributed by atoms with van der Waals surface area (Å²) in [6.07, 6.45) is 1.08. The van der Waals surface area contributed by atoms with Crippen molar-refractivity contribution >= 4 is 17.7 Å². The minimum absolute atomic E-state index is 0.396. The second kappa shape index (κ2) is 7.37. The molecule has 2 amide bonds. The summed E-state index contributed by atoms with van der Waals surface area (Å²) in [6.45, 7) is 1.87. The minimum Gasteiger partial charge on any atom is -0.497 e. The molecule has 0 spiro atoms. The number of carboxylic acids is 1. The number of anilines is 1. The molecule has 0 heterocycles. The summed E-state index contributed by atoms with van der Waals surface area (Å²) in [5, 5.41) is 11.5. The molecule has 1 aromatic carbocycles. The molecular weight excluding hydrogens is 260 g/mol. The van der Waals surface area contributed by atoms with Gasteiger partial charge >= 0.3 is 12.0 Å². The van der Waals surface area contributed by atoms with E-state index in [2.05, 4.69) is 5.32 Å². The van der Waals surface area contributed by atoms with E-state index >= 15 is 0 Å². The lowest BCUT2D eigenvalue weighted by molar-refractivity contribution is -0.139. The third-order valence-corrected chi connectivity index (χ3v) is 2.92. The topological polar surface area (TPSA) is 78.9 Å². The number of hydrogen-bond donors (Lipinski definition) is 2. The van der Waals surface area contributed by atoms with Gasteiger partial charge in [0.2, 0.25) is 0 Å². The number of hydrogen-bond acceptors (Lipinski definition) is 3. The van der Waals surface area contributed by atoms with Crippen molar-refractivity contribution in [3.8, 4) is 5.75 Å². The zero-order chi connectivity index (χ0) is 15.1. The number of amides is 2. The Kier molecular flexibility index (Phi) is 5.83. The van der Waals surface area contributed by atoms with E-state index in [-0.39, 0.29) is 0 Å². The van der Waals surface area contributed by atoms with Crippen LogP contribution in [0, 0.1) is 0 Å². The van der Waals surface area contributed by atoms with Crippen LogP contribution in [0.4, 0.5) is 10.5 Å². The Morgan fingerprint density at radius 1 is 1.45 bits per heavy atom. The first kappa shape index (κ1) is 15.8. The molecule has 0 aromatic heterocycles. The number of nitrogens with zero attached hydrogens (tertiary/aromatic N) is 1. The molecule has 1 atom stereocenters. The van der Waals surface area contributed by atoms with Crippen molar-refractivity contribution in [1.29, 1.82) is 0 Å². The molecule has 0 aliphatic heterocycles. The largest absolute Gasteiger partial charge is 0.497 e. The molecule has 0 radical (unpaired) electrons. The first-order valence-electron chi connectivity index (χ1n) is 6.40. The normalized spacial score (nSPS) is 11.6. The van der Waals surface area contributed by atoms with Gasteiger partial charge in [-0.15, -0.1) is 0 Å². The van der Waals surface area contributed by atoms with Crippen LogP contribution in [0.1, 0.15) is 19.8 Å². The molecular formula is C14H20N2O4. The predicted octanol–water partition coefficient (Wildman–Crippen LogP) is 2.09. The average molecular weight is 280 g/mol. The Hall–Kier alpha value is -2.24. The molecule has 0 aliphatic carbocycles. The number of benzene rings is 1. The summed E-state index contributed by atoms with van der Waals surface area (Å²) in [5.41, 5.74) is 0.627. The van der Waals surface area contributed by atoms with Gasteiger partial charge in [0.1, 0.15) is 11.8 Å². The van der Waals surface area contributed by atoms with E-state index in [1.165, 1.54) is 4.90 Å². The molecule has 0 bridgehead atoms. The smallest absolute Gasteiger partial charge is 0.326 e. The molecule has 6 nitrogen and oxygen atoms in total. The number of carbonyl (C=O) groups excluding carboxylic acids is 1. The maximum atomic E-state index is 12.0. The molecule has 1 unspecified atom stereocenters. The van der Waals surface area contributed by atoms with Gasteiger partial charge in [-0.05, 0) is 18.6 Å². The lowest BCUT2D eigenvalue weighted by Crippen LogP contribution is -2.46. The van der Waals surface area contributed by atoms with Crippen molar-refractivity contribution < 1.29 is 19.4 Å². The van der Waals surface area contributed by atoms with Crippen molar-refractivity contribution in [1.82, 2.24) is 5.32 Å². The van der Waals surface area contributed by atoms with Gasteiger partial charge in [-0.3, -0.25) is 4.90 Å². The highest BCUT2D eigenvalue weighted by atomic mass is 16.5. The Balaban J connectivity index is 2.77. The molecule has 0 saturated heterocycles. The SMILES string of the molecule is CCCC(NC(=O)N(C)c1cccc(OC)c1)C(=O)O. The summed E-state index contributed by atoms with van der Waals surface area (Å²) in [6, 6.07) is 5.65. The predicted molar refractivity (Wildman–Crippen MR) is 76.3 cm³/mol. The maximum Gasteiger partial charge on any atom is 0.326 e. The second-order valence-corrected chi connectivity index (χ2v) is 4.39. The molecule has 20 heavy (non-hydrogen) atoms. The van der Waals surface area contributed by atoms with Crippen LogP contribution in [0.3, 0.4) is 0 Å². The highest BCUT2D eigenvalue weighted by Gasteiger charge is 2.21. The van der Waals surface area contributed by atoms with Gasteiger partial charge in [-0.1, -0.05) is 19.4 Å². The number of rotatable bonds is 6. The van der Waals surface area contributed by atoms with E-state index in [1.807, 2.05) is 6.92 Å². The van der Waals surface area contributed by atoms with Gasteiger partial charge in [0.15, 0.2) is 0 Å². The van der Waals surface area contributed by atoms with E-state index in [0.29, 0.717) is 24.3 Å². The van der Waals surface area contributed by atoms with Gasteiger partial charge in [-0.2, -0.15) is 0 Å². The average Bonchev–Trinajstić information content (AvgIpc) is 2.45. The number of nitrogens with one attached hydrogen (secondary N) is 1. The third-order valence-electron chi connectivity index (χ3n) is 2.92. The van der Waals surface area contributed by atoms with E-state index < -0.39 is 18.0 Å². The quantitative estimate of drug-likeness (QED) is 0.836. The van der Waals surface area contributed by atoms with Crippen LogP contribution in [0.2, 0.25) is 0 Å². The van der Waals surface area contributed by atoms with Gasteiger partial charge in [-0.25, -0.2) is 9.59 Å². The van der Waals surface area contributed by atoms with Gasteiger partial charge in [0.25, 0.3) is 0 Å². The van der Waals surface area contributed by atoms with E-state index in [9.17, 15) is 9.59 Å². The second-order valence-electron chi connectivity index (χ2n) is 4.39. The zero-order valence-corrected chi connectivity index (χ0v) is 11.9. The fourth-order valence-corrected chi connectivity index (χ4v) is 1.73. The Labute approximate surface area is 118 Å². The summed E-state index contributed by atoms with van der Waals surface area (Å²) in [7, 11) is 3.12. The van der Waals surface area contributed by atoms with Crippen molar-refractivity contribution in [3.05, 3.63) is 24.3 Å². The Morgan fingerprint density at radius 2 is 2.15 bits per heavy atom. The molecule has 6 heteroatoms. The third kappa shape index (κ3) is 4.15. The standard InChI is InChI=1S/C14H20N2O4/c1-4-6-12(13(17)18)15-14(19)16(2)10-7-5-8-11(9-10)20-3/h5,7-9,12H,4,6H2,1-3H3,(H,15,19)(H,17,18). The number of methoxy groups -OCH3 is 1. The van der Waals surface area contributed by atoms with E-state index in [4.69, 9.17) is 9.84 Å². The van der Waals surface area contributed by atoms with Crippen molar-refractivity contribution in [3.63, 3.8) is 0 Å². The number of carboxylic acid groups (broad SMARTS) is 1. The molecule has 2 N–H and O–H groups in total. The molecule has 1 rings (SSSR count). The van der Waals surface area contributed by atoms with Gasteiger partial charge in [0.05, 0.1) is 7.11 Å². The van der Waals surface area contributed by atoms with E-state index in [0.717, 1.165) is 0 Å². The van der Waals surface area contributed by atoms with Gasteiger partial charge < -0.3 is 15.2 Å². The molecule has 110 valence electrons. The number of carbonyl (C=O) groups is 2. The fourth-order valence-electron chi connectivity index (χ4n) is 1.73. The van der Waals surface area contributed by atoms with Crippen LogP contribution in [0.15, 0.2) is 24.3 Å². The molecule has 0 fully saturated rings.